The van der Waals surface area contributed by atoms with Crippen molar-refractivity contribution in [2.45, 2.75) is 19.8 Å². The van der Waals surface area contributed by atoms with E-state index in [-0.39, 0.29) is 36.2 Å². The number of rotatable bonds is 3. The Labute approximate surface area is 155 Å². The van der Waals surface area contributed by atoms with E-state index < -0.39 is 23.4 Å². The normalized spacial score (nSPS) is 14.9. The Balaban J connectivity index is 1.59. The highest BCUT2D eigenvalue weighted by Crippen LogP contribution is 2.23. The second-order valence-electron chi connectivity index (χ2n) is 6.66. The summed E-state index contributed by atoms with van der Waals surface area (Å²) >= 11 is 0. The third-order valence-electron chi connectivity index (χ3n) is 4.70. The fourth-order valence-electron chi connectivity index (χ4n) is 3.13. The smallest absolute Gasteiger partial charge is 0.256 e. The number of halogens is 3. The molecule has 27 heavy (non-hydrogen) atoms. The van der Waals surface area contributed by atoms with Crippen LogP contribution >= 0.6 is 0 Å². The largest absolute Gasteiger partial charge is 0.339 e. The minimum absolute atomic E-state index is 0.123. The fourth-order valence-corrected chi connectivity index (χ4v) is 3.13. The van der Waals surface area contributed by atoms with Crippen LogP contribution in [0.5, 0.6) is 0 Å². The van der Waals surface area contributed by atoms with Crippen molar-refractivity contribution in [3.8, 4) is 0 Å². The Morgan fingerprint density at radius 3 is 2.33 bits per heavy atom. The molecule has 0 unspecified atom stereocenters. The molecule has 0 aliphatic carbocycles. The number of nitrogens with one attached hydrogen (secondary N) is 1. The van der Waals surface area contributed by atoms with Crippen molar-refractivity contribution in [3.05, 3.63) is 65.0 Å². The minimum atomic E-state index is -0.908. The van der Waals surface area contributed by atoms with E-state index in [9.17, 15) is 22.8 Å². The first-order valence-electron chi connectivity index (χ1n) is 8.66. The number of hydrogen-bond donors (Lipinski definition) is 1. The van der Waals surface area contributed by atoms with Crippen molar-refractivity contribution in [1.82, 2.24) is 4.90 Å². The van der Waals surface area contributed by atoms with Crippen molar-refractivity contribution in [2.75, 3.05) is 18.4 Å². The van der Waals surface area contributed by atoms with Gasteiger partial charge in [-0.2, -0.15) is 0 Å². The lowest BCUT2D eigenvalue weighted by molar-refractivity contribution is -0.121. The monoisotopic (exact) mass is 376 g/mol. The van der Waals surface area contributed by atoms with Crippen LogP contribution in [0.15, 0.2) is 36.4 Å². The summed E-state index contributed by atoms with van der Waals surface area (Å²) in [7, 11) is 0. The van der Waals surface area contributed by atoms with Gasteiger partial charge in [-0.3, -0.25) is 9.59 Å². The number of nitrogens with zero attached hydrogens (tertiary/aromatic N) is 1. The van der Waals surface area contributed by atoms with Gasteiger partial charge in [-0.15, -0.1) is 0 Å². The van der Waals surface area contributed by atoms with Gasteiger partial charge in [-0.25, -0.2) is 13.2 Å². The van der Waals surface area contributed by atoms with Gasteiger partial charge in [0.2, 0.25) is 5.91 Å². The highest BCUT2D eigenvalue weighted by atomic mass is 19.1. The summed E-state index contributed by atoms with van der Waals surface area (Å²) in [6.07, 6.45) is 0.766. The summed E-state index contributed by atoms with van der Waals surface area (Å²) < 4.78 is 40.6. The van der Waals surface area contributed by atoms with Gasteiger partial charge >= 0.3 is 0 Å². The molecule has 0 bridgehead atoms. The van der Waals surface area contributed by atoms with Crippen LogP contribution in [-0.4, -0.2) is 29.8 Å². The van der Waals surface area contributed by atoms with Crippen LogP contribution in [0.3, 0.4) is 0 Å². The summed E-state index contributed by atoms with van der Waals surface area (Å²) in [5.74, 6) is -3.36. The molecule has 0 saturated carbocycles. The van der Waals surface area contributed by atoms with Gasteiger partial charge in [-0.05, 0) is 49.6 Å². The maximum Gasteiger partial charge on any atom is 0.256 e. The average molecular weight is 376 g/mol. The summed E-state index contributed by atoms with van der Waals surface area (Å²) in [6.45, 7) is 2.29. The molecule has 3 rings (SSSR count). The molecule has 0 radical (unpaired) electrons. The number of piperidine rings is 1. The average Bonchev–Trinajstić information content (AvgIpc) is 2.63. The number of hydrogen-bond acceptors (Lipinski definition) is 2. The Morgan fingerprint density at radius 2 is 1.70 bits per heavy atom. The zero-order valence-corrected chi connectivity index (χ0v) is 14.8. The molecule has 0 aromatic heterocycles. The molecular weight excluding hydrogens is 357 g/mol. The highest BCUT2D eigenvalue weighted by molar-refractivity contribution is 5.95. The quantitative estimate of drug-likeness (QED) is 0.883. The van der Waals surface area contributed by atoms with Crippen molar-refractivity contribution in [1.29, 1.82) is 0 Å². The summed E-state index contributed by atoms with van der Waals surface area (Å²) in [4.78, 5) is 26.2. The lowest BCUT2D eigenvalue weighted by Crippen LogP contribution is -2.41. The van der Waals surface area contributed by atoms with Gasteiger partial charge in [0.15, 0.2) is 0 Å². The van der Waals surface area contributed by atoms with Crippen LogP contribution in [0.4, 0.5) is 18.9 Å². The van der Waals surface area contributed by atoms with Crippen molar-refractivity contribution >= 4 is 17.5 Å². The SMILES string of the molecule is Cc1ccc(NC(=O)C2CCN(C(=O)c3ccc(F)cc3F)CC2)c(F)c1. The van der Waals surface area contributed by atoms with E-state index in [1.165, 1.54) is 17.0 Å². The summed E-state index contributed by atoms with van der Waals surface area (Å²) in [6, 6.07) is 7.38. The third kappa shape index (κ3) is 4.30. The highest BCUT2D eigenvalue weighted by Gasteiger charge is 2.29. The number of carbonyl (C=O) groups excluding carboxylic acids is 2. The lowest BCUT2D eigenvalue weighted by Gasteiger charge is -2.31. The van der Waals surface area contributed by atoms with Crippen LogP contribution in [0, 0.1) is 30.3 Å². The number of carbonyl (C=O) groups is 2. The molecule has 1 aliphatic rings. The zero-order valence-electron chi connectivity index (χ0n) is 14.8. The Morgan fingerprint density at radius 1 is 1.00 bits per heavy atom. The van der Waals surface area contributed by atoms with E-state index in [1.54, 1.807) is 13.0 Å². The number of amides is 2. The molecule has 0 spiro atoms. The van der Waals surface area contributed by atoms with E-state index in [2.05, 4.69) is 5.32 Å². The minimum Gasteiger partial charge on any atom is -0.339 e. The van der Waals surface area contributed by atoms with Gasteiger partial charge < -0.3 is 10.2 Å². The number of benzene rings is 2. The predicted molar refractivity (Wildman–Crippen MR) is 94.8 cm³/mol. The van der Waals surface area contributed by atoms with Crippen LogP contribution in [0.1, 0.15) is 28.8 Å². The number of aryl methyl sites for hydroxylation is 1. The zero-order chi connectivity index (χ0) is 19.6. The van der Waals surface area contributed by atoms with Gasteiger partial charge in [0.05, 0.1) is 11.3 Å². The molecule has 4 nitrogen and oxygen atoms in total. The van der Waals surface area contributed by atoms with Crippen molar-refractivity contribution in [2.24, 2.45) is 5.92 Å². The van der Waals surface area contributed by atoms with Crippen LogP contribution in [0.2, 0.25) is 0 Å². The van der Waals surface area contributed by atoms with Gasteiger partial charge in [0, 0.05) is 25.1 Å². The van der Waals surface area contributed by atoms with Gasteiger partial charge in [0.1, 0.15) is 17.5 Å². The molecular formula is C20H19F3N2O2. The first-order valence-corrected chi connectivity index (χ1v) is 8.66. The Kier molecular flexibility index (Phi) is 5.48. The van der Waals surface area contributed by atoms with E-state index in [1.807, 2.05) is 0 Å². The summed E-state index contributed by atoms with van der Waals surface area (Å²) in [5, 5.41) is 2.58. The molecule has 1 aliphatic heterocycles. The molecule has 2 amide bonds. The molecule has 0 atom stereocenters. The molecule has 1 fully saturated rings. The molecule has 2 aromatic carbocycles. The standard InChI is InChI=1S/C20H19F3N2O2/c1-12-2-5-18(17(23)10-12)24-19(26)13-6-8-25(9-7-13)20(27)15-4-3-14(21)11-16(15)22/h2-5,10-11,13H,6-9H2,1H3,(H,24,26). The molecule has 2 aromatic rings. The Bertz CT molecular complexity index is 878. The number of anilines is 1. The molecule has 1 heterocycles. The lowest BCUT2D eigenvalue weighted by atomic mass is 9.95. The second kappa shape index (κ2) is 7.82. The van der Waals surface area contributed by atoms with E-state index in [0.29, 0.717) is 18.9 Å². The van der Waals surface area contributed by atoms with Crippen LogP contribution in [0.25, 0.3) is 0 Å². The first-order chi connectivity index (χ1) is 12.8. The number of likely N-dealkylation sites (tertiary alicyclic amines) is 1. The maximum absolute atomic E-state index is 13.9. The van der Waals surface area contributed by atoms with E-state index in [0.717, 1.165) is 17.7 Å². The topological polar surface area (TPSA) is 49.4 Å². The fraction of sp³-hybridized carbons (Fsp3) is 0.300. The van der Waals surface area contributed by atoms with Crippen molar-refractivity contribution < 1.29 is 22.8 Å². The second-order valence-corrected chi connectivity index (χ2v) is 6.66. The maximum atomic E-state index is 13.9. The van der Waals surface area contributed by atoms with E-state index in [4.69, 9.17) is 0 Å². The molecule has 1 saturated heterocycles. The Hall–Kier alpha value is -2.83. The molecule has 1 N–H and O–H groups in total. The van der Waals surface area contributed by atoms with Crippen molar-refractivity contribution in [3.63, 3.8) is 0 Å². The molecule has 7 heteroatoms. The van der Waals surface area contributed by atoms with Crippen LogP contribution in [-0.2, 0) is 4.79 Å². The van der Waals surface area contributed by atoms with Gasteiger partial charge in [0.25, 0.3) is 5.91 Å². The van der Waals surface area contributed by atoms with E-state index >= 15 is 0 Å². The van der Waals surface area contributed by atoms with Gasteiger partial charge in [-0.1, -0.05) is 6.07 Å². The van der Waals surface area contributed by atoms with Crippen LogP contribution < -0.4 is 5.32 Å². The predicted octanol–water partition coefficient (Wildman–Crippen LogP) is 3.90. The first kappa shape index (κ1) is 18.9. The third-order valence-corrected chi connectivity index (χ3v) is 4.70. The summed E-state index contributed by atoms with van der Waals surface area (Å²) in [5.41, 5.74) is 0.684. The molecule has 142 valence electrons.